The molecule has 10 nitrogen and oxygen atoms in total. The lowest BCUT2D eigenvalue weighted by atomic mass is 9.95. The number of hydrogen-bond donors (Lipinski definition) is 1. The number of rotatable bonds is 9. The van der Waals surface area contributed by atoms with E-state index in [0.717, 1.165) is 49.9 Å². The molecule has 10 heteroatoms. The van der Waals surface area contributed by atoms with E-state index in [1.165, 1.54) is 11.2 Å². The molecule has 1 aliphatic heterocycles. The molecule has 0 radical (unpaired) electrons. The lowest BCUT2D eigenvalue weighted by molar-refractivity contribution is -0.137. The highest BCUT2D eigenvalue weighted by Crippen LogP contribution is 2.17. The van der Waals surface area contributed by atoms with Crippen LogP contribution in [0.5, 0.6) is 0 Å². The van der Waals surface area contributed by atoms with Crippen LogP contribution in [0.25, 0.3) is 11.4 Å². The second-order valence-electron chi connectivity index (χ2n) is 9.18. The van der Waals surface area contributed by atoms with Crippen molar-refractivity contribution < 1.29 is 14.3 Å². The maximum atomic E-state index is 13.2. The van der Waals surface area contributed by atoms with E-state index < -0.39 is 0 Å². The van der Waals surface area contributed by atoms with Gasteiger partial charge in [0, 0.05) is 37.8 Å². The zero-order valence-electron chi connectivity index (χ0n) is 20.0. The van der Waals surface area contributed by atoms with Crippen LogP contribution in [0.15, 0.2) is 24.3 Å². The number of aryl methyl sites for hydroxylation is 1. The number of carbonyl (C=O) groups is 2. The van der Waals surface area contributed by atoms with Gasteiger partial charge in [0.1, 0.15) is 6.54 Å². The summed E-state index contributed by atoms with van der Waals surface area (Å²) >= 11 is 0. The van der Waals surface area contributed by atoms with Gasteiger partial charge in [-0.1, -0.05) is 49.1 Å². The minimum absolute atomic E-state index is 0.0409. The number of carbonyl (C=O) groups excluding carboxylic acids is 2. The average molecular weight is 470 g/mol. The summed E-state index contributed by atoms with van der Waals surface area (Å²) in [5.41, 5.74) is 1.99. The molecule has 34 heavy (non-hydrogen) atoms. The van der Waals surface area contributed by atoms with Crippen molar-refractivity contribution in [2.45, 2.75) is 51.6 Å². The molecule has 0 unspecified atom stereocenters. The summed E-state index contributed by atoms with van der Waals surface area (Å²) in [5.74, 6) is 0.178. The second kappa shape index (κ2) is 12.0. The Morgan fingerprint density at radius 1 is 1.12 bits per heavy atom. The van der Waals surface area contributed by atoms with Crippen molar-refractivity contribution in [1.82, 2.24) is 35.3 Å². The first-order valence-corrected chi connectivity index (χ1v) is 12.3. The Hall–Kier alpha value is -2.85. The van der Waals surface area contributed by atoms with E-state index in [2.05, 4.69) is 25.6 Å². The third kappa shape index (κ3) is 7.07. The van der Waals surface area contributed by atoms with Gasteiger partial charge in [0.15, 0.2) is 0 Å². The Bertz CT molecular complexity index is 934. The molecular formula is C24H35N7O3. The Morgan fingerprint density at radius 3 is 2.59 bits per heavy atom. The fourth-order valence-corrected chi connectivity index (χ4v) is 4.42. The number of nitrogens with one attached hydrogen (secondary N) is 1. The molecule has 1 saturated carbocycles. The fraction of sp³-hybridized carbons (Fsp3) is 0.625. The number of hydrogen-bond acceptors (Lipinski definition) is 7. The molecule has 4 rings (SSSR count). The molecule has 0 atom stereocenters. The highest BCUT2D eigenvalue weighted by molar-refractivity contribution is 5.84. The van der Waals surface area contributed by atoms with E-state index in [9.17, 15) is 9.59 Å². The van der Waals surface area contributed by atoms with Crippen molar-refractivity contribution in [1.29, 1.82) is 0 Å². The van der Waals surface area contributed by atoms with Gasteiger partial charge in [-0.2, -0.15) is 4.80 Å². The first kappa shape index (κ1) is 24.3. The standard InChI is InChI=1S/C24H35N7O3/c1-19-7-9-20(10-8-19)24-26-28-31(27-24)18-23(33)30(12-11-29-13-15-34-16-14-29)17-22(32)25-21-5-3-2-4-6-21/h7-10,21H,2-6,11-18H2,1H3,(H,25,32). The molecule has 1 N–H and O–H groups in total. The van der Waals surface area contributed by atoms with Crippen LogP contribution in [0.2, 0.25) is 0 Å². The quantitative estimate of drug-likeness (QED) is 0.589. The molecule has 184 valence electrons. The van der Waals surface area contributed by atoms with Crippen LogP contribution in [0.4, 0.5) is 0 Å². The van der Waals surface area contributed by atoms with Gasteiger partial charge in [-0.05, 0) is 25.0 Å². The van der Waals surface area contributed by atoms with Crippen LogP contribution < -0.4 is 5.32 Å². The lowest BCUT2D eigenvalue weighted by Crippen LogP contribution is -2.48. The van der Waals surface area contributed by atoms with E-state index >= 15 is 0 Å². The van der Waals surface area contributed by atoms with Gasteiger partial charge in [-0.15, -0.1) is 10.2 Å². The van der Waals surface area contributed by atoms with E-state index in [1.54, 1.807) is 4.90 Å². The third-order valence-electron chi connectivity index (χ3n) is 6.49. The Morgan fingerprint density at radius 2 is 1.85 bits per heavy atom. The fourth-order valence-electron chi connectivity index (χ4n) is 4.42. The molecule has 0 spiro atoms. The van der Waals surface area contributed by atoms with Crippen molar-refractivity contribution >= 4 is 11.8 Å². The summed E-state index contributed by atoms with van der Waals surface area (Å²) in [6.07, 6.45) is 5.54. The number of tetrazole rings is 1. The lowest BCUT2D eigenvalue weighted by Gasteiger charge is -2.30. The molecule has 2 amide bonds. The number of benzene rings is 1. The van der Waals surface area contributed by atoms with Crippen molar-refractivity contribution in [2.24, 2.45) is 0 Å². The predicted octanol–water partition coefficient (Wildman–Crippen LogP) is 1.26. The minimum Gasteiger partial charge on any atom is -0.379 e. The Kier molecular flexibility index (Phi) is 8.59. The van der Waals surface area contributed by atoms with Crippen LogP contribution in [-0.2, 0) is 20.9 Å². The molecule has 1 aromatic heterocycles. The zero-order chi connectivity index (χ0) is 23.8. The molecule has 1 saturated heterocycles. The smallest absolute Gasteiger partial charge is 0.246 e. The zero-order valence-corrected chi connectivity index (χ0v) is 20.0. The molecule has 0 bridgehead atoms. The van der Waals surface area contributed by atoms with E-state index in [0.29, 0.717) is 32.1 Å². The monoisotopic (exact) mass is 469 g/mol. The third-order valence-corrected chi connectivity index (χ3v) is 6.49. The van der Waals surface area contributed by atoms with Gasteiger partial charge < -0.3 is 15.0 Å². The molecule has 1 aliphatic carbocycles. The summed E-state index contributed by atoms with van der Waals surface area (Å²) in [4.78, 5) is 31.1. The first-order chi connectivity index (χ1) is 16.6. The number of aromatic nitrogens is 4. The SMILES string of the molecule is Cc1ccc(-c2nnn(CC(=O)N(CCN3CCOCC3)CC(=O)NC3CCCCC3)n2)cc1. The summed E-state index contributed by atoms with van der Waals surface area (Å²) in [7, 11) is 0. The van der Waals surface area contributed by atoms with Crippen LogP contribution in [0.1, 0.15) is 37.7 Å². The maximum absolute atomic E-state index is 13.2. The Labute approximate surface area is 200 Å². The van der Waals surface area contributed by atoms with Crippen molar-refractivity contribution in [2.75, 3.05) is 45.9 Å². The summed E-state index contributed by atoms with van der Waals surface area (Å²) < 4.78 is 5.41. The van der Waals surface area contributed by atoms with E-state index in [-0.39, 0.29) is 30.9 Å². The number of nitrogens with zero attached hydrogens (tertiary/aromatic N) is 6. The maximum Gasteiger partial charge on any atom is 0.246 e. The molecular weight excluding hydrogens is 434 g/mol. The van der Waals surface area contributed by atoms with E-state index in [1.807, 2.05) is 31.2 Å². The van der Waals surface area contributed by atoms with Crippen LogP contribution >= 0.6 is 0 Å². The second-order valence-corrected chi connectivity index (χ2v) is 9.18. The molecule has 2 aliphatic rings. The van der Waals surface area contributed by atoms with Crippen LogP contribution in [0, 0.1) is 6.92 Å². The molecule has 2 heterocycles. The van der Waals surface area contributed by atoms with Crippen LogP contribution in [0.3, 0.4) is 0 Å². The molecule has 2 fully saturated rings. The van der Waals surface area contributed by atoms with Gasteiger partial charge in [-0.25, -0.2) is 0 Å². The summed E-state index contributed by atoms with van der Waals surface area (Å²) in [5, 5.41) is 15.7. The topological polar surface area (TPSA) is 105 Å². The Balaban J connectivity index is 1.37. The average Bonchev–Trinajstić information content (AvgIpc) is 3.31. The van der Waals surface area contributed by atoms with Crippen molar-refractivity contribution in [3.05, 3.63) is 29.8 Å². The molecule has 2 aromatic rings. The van der Waals surface area contributed by atoms with Gasteiger partial charge >= 0.3 is 0 Å². The van der Waals surface area contributed by atoms with Crippen molar-refractivity contribution in [3.8, 4) is 11.4 Å². The largest absolute Gasteiger partial charge is 0.379 e. The highest BCUT2D eigenvalue weighted by atomic mass is 16.5. The minimum atomic E-state index is -0.195. The summed E-state index contributed by atoms with van der Waals surface area (Å²) in [6.45, 7) is 6.23. The summed E-state index contributed by atoms with van der Waals surface area (Å²) in [6, 6.07) is 8.05. The number of amides is 2. The molecule has 1 aromatic carbocycles. The number of ether oxygens (including phenoxy) is 1. The van der Waals surface area contributed by atoms with E-state index in [4.69, 9.17) is 4.74 Å². The van der Waals surface area contributed by atoms with Crippen LogP contribution in [-0.4, -0.2) is 93.8 Å². The normalized spacial score (nSPS) is 17.4. The predicted molar refractivity (Wildman–Crippen MR) is 127 cm³/mol. The van der Waals surface area contributed by atoms with Gasteiger partial charge in [0.2, 0.25) is 17.6 Å². The first-order valence-electron chi connectivity index (χ1n) is 12.3. The van der Waals surface area contributed by atoms with Crippen molar-refractivity contribution in [3.63, 3.8) is 0 Å². The number of morpholine rings is 1. The van der Waals surface area contributed by atoms with Gasteiger partial charge in [-0.3, -0.25) is 14.5 Å². The highest BCUT2D eigenvalue weighted by Gasteiger charge is 2.23. The van der Waals surface area contributed by atoms with Gasteiger partial charge in [0.25, 0.3) is 0 Å². The van der Waals surface area contributed by atoms with Gasteiger partial charge in [0.05, 0.1) is 19.8 Å².